The van der Waals surface area contributed by atoms with Gasteiger partial charge in [0.15, 0.2) is 5.82 Å². The number of rotatable bonds is 3. The van der Waals surface area contributed by atoms with Crippen molar-refractivity contribution in [2.75, 3.05) is 0 Å². The summed E-state index contributed by atoms with van der Waals surface area (Å²) in [5.74, 6) is 4.02. The van der Waals surface area contributed by atoms with Gasteiger partial charge in [-0.15, -0.1) is 0 Å². The molecular formula is C14H21N3O. The van der Waals surface area contributed by atoms with E-state index >= 15 is 0 Å². The SMILES string of the molecule is NC1(Cc2nc(C3CC4CCC3C4)no2)CCC1. The predicted octanol–water partition coefficient (Wildman–Crippen LogP) is 2.40. The summed E-state index contributed by atoms with van der Waals surface area (Å²) in [5, 5.41) is 4.22. The van der Waals surface area contributed by atoms with Gasteiger partial charge in [-0.25, -0.2) is 0 Å². The second kappa shape index (κ2) is 3.80. The molecule has 0 saturated heterocycles. The minimum atomic E-state index is -0.0571. The van der Waals surface area contributed by atoms with Crippen LogP contribution >= 0.6 is 0 Å². The van der Waals surface area contributed by atoms with Gasteiger partial charge < -0.3 is 10.3 Å². The molecule has 0 amide bonds. The van der Waals surface area contributed by atoms with Crippen LogP contribution in [0.25, 0.3) is 0 Å². The predicted molar refractivity (Wildman–Crippen MR) is 67.0 cm³/mol. The van der Waals surface area contributed by atoms with E-state index in [2.05, 4.69) is 10.1 Å². The van der Waals surface area contributed by atoms with Crippen LogP contribution in [0.1, 0.15) is 62.6 Å². The third-order valence-corrected chi connectivity index (χ3v) is 5.41. The topological polar surface area (TPSA) is 64.9 Å². The first kappa shape index (κ1) is 11.0. The van der Waals surface area contributed by atoms with Crippen molar-refractivity contribution in [1.29, 1.82) is 0 Å². The molecule has 0 aromatic carbocycles. The zero-order valence-corrected chi connectivity index (χ0v) is 10.8. The fraction of sp³-hybridized carbons (Fsp3) is 0.857. The highest BCUT2D eigenvalue weighted by Gasteiger charge is 2.42. The third kappa shape index (κ3) is 1.69. The monoisotopic (exact) mass is 247 g/mol. The van der Waals surface area contributed by atoms with Crippen LogP contribution in [0.15, 0.2) is 4.52 Å². The summed E-state index contributed by atoms with van der Waals surface area (Å²) in [7, 11) is 0. The first-order valence-electron chi connectivity index (χ1n) is 7.33. The molecule has 18 heavy (non-hydrogen) atoms. The fourth-order valence-corrected chi connectivity index (χ4v) is 4.16. The van der Waals surface area contributed by atoms with E-state index in [1.165, 1.54) is 32.1 Å². The average Bonchev–Trinajstić information content (AvgIpc) is 3.01. The summed E-state index contributed by atoms with van der Waals surface area (Å²) >= 11 is 0. The van der Waals surface area contributed by atoms with Crippen LogP contribution < -0.4 is 5.73 Å². The summed E-state index contributed by atoms with van der Waals surface area (Å²) in [6.45, 7) is 0. The number of nitrogens with zero attached hydrogens (tertiary/aromatic N) is 2. The molecular weight excluding hydrogens is 226 g/mol. The first-order chi connectivity index (χ1) is 8.72. The summed E-state index contributed by atoms with van der Waals surface area (Å²) in [5.41, 5.74) is 6.17. The molecule has 1 aromatic heterocycles. The molecule has 3 atom stereocenters. The van der Waals surface area contributed by atoms with Crippen molar-refractivity contribution in [2.45, 2.75) is 62.8 Å². The van der Waals surface area contributed by atoms with Gasteiger partial charge in [-0.05, 0) is 50.4 Å². The number of aromatic nitrogens is 2. The normalized spacial score (nSPS) is 36.8. The summed E-state index contributed by atoms with van der Waals surface area (Å²) < 4.78 is 5.42. The van der Waals surface area contributed by atoms with Crippen molar-refractivity contribution in [2.24, 2.45) is 17.6 Å². The molecule has 1 aromatic rings. The van der Waals surface area contributed by atoms with Crippen LogP contribution in [0.3, 0.4) is 0 Å². The van der Waals surface area contributed by atoms with Crippen molar-refractivity contribution in [1.82, 2.24) is 10.1 Å². The highest BCUT2D eigenvalue weighted by Crippen LogP contribution is 2.52. The van der Waals surface area contributed by atoms with Crippen molar-refractivity contribution >= 4 is 0 Å². The molecule has 2 bridgehead atoms. The highest BCUT2D eigenvalue weighted by molar-refractivity contribution is 5.08. The molecule has 3 saturated carbocycles. The molecule has 3 fully saturated rings. The Kier molecular flexibility index (Phi) is 2.31. The van der Waals surface area contributed by atoms with E-state index in [4.69, 9.17) is 10.3 Å². The summed E-state index contributed by atoms with van der Waals surface area (Å²) in [4.78, 5) is 4.62. The van der Waals surface area contributed by atoms with Crippen molar-refractivity contribution < 1.29 is 4.52 Å². The Morgan fingerprint density at radius 3 is 2.78 bits per heavy atom. The Morgan fingerprint density at radius 2 is 2.17 bits per heavy atom. The Hall–Kier alpha value is -0.900. The second-order valence-electron chi connectivity index (χ2n) is 6.72. The third-order valence-electron chi connectivity index (χ3n) is 5.41. The maximum atomic E-state index is 6.23. The molecule has 3 aliphatic rings. The summed E-state index contributed by atoms with van der Waals surface area (Å²) in [6, 6.07) is 0. The van der Waals surface area contributed by atoms with E-state index in [1.807, 2.05) is 0 Å². The van der Waals surface area contributed by atoms with Crippen LogP contribution in [-0.4, -0.2) is 15.7 Å². The molecule has 98 valence electrons. The molecule has 0 aliphatic heterocycles. The Morgan fingerprint density at radius 1 is 1.28 bits per heavy atom. The number of fused-ring (bicyclic) bond motifs is 2. The molecule has 4 nitrogen and oxygen atoms in total. The van der Waals surface area contributed by atoms with Crippen LogP contribution in [0.5, 0.6) is 0 Å². The number of hydrogen-bond donors (Lipinski definition) is 1. The lowest BCUT2D eigenvalue weighted by Gasteiger charge is -2.36. The highest BCUT2D eigenvalue weighted by atomic mass is 16.5. The van der Waals surface area contributed by atoms with E-state index < -0.39 is 0 Å². The van der Waals surface area contributed by atoms with Gasteiger partial charge in [0.1, 0.15) is 0 Å². The van der Waals surface area contributed by atoms with Crippen LogP contribution in [0.4, 0.5) is 0 Å². The zero-order valence-electron chi connectivity index (χ0n) is 10.8. The van der Waals surface area contributed by atoms with Gasteiger partial charge in [0, 0.05) is 17.9 Å². The van der Waals surface area contributed by atoms with E-state index in [0.717, 1.165) is 42.8 Å². The van der Waals surface area contributed by atoms with Gasteiger partial charge in [0.25, 0.3) is 0 Å². The minimum Gasteiger partial charge on any atom is -0.339 e. The largest absolute Gasteiger partial charge is 0.339 e. The van der Waals surface area contributed by atoms with Gasteiger partial charge in [-0.3, -0.25) is 0 Å². The molecule has 3 unspecified atom stereocenters. The van der Waals surface area contributed by atoms with E-state index in [9.17, 15) is 0 Å². The zero-order chi connectivity index (χ0) is 12.2. The van der Waals surface area contributed by atoms with Crippen molar-refractivity contribution in [3.8, 4) is 0 Å². The van der Waals surface area contributed by atoms with Gasteiger partial charge in [0.2, 0.25) is 5.89 Å². The van der Waals surface area contributed by atoms with E-state index in [-0.39, 0.29) is 5.54 Å². The first-order valence-corrected chi connectivity index (χ1v) is 7.33. The van der Waals surface area contributed by atoms with Crippen LogP contribution in [-0.2, 0) is 6.42 Å². The van der Waals surface area contributed by atoms with Gasteiger partial charge in [0.05, 0.1) is 0 Å². The van der Waals surface area contributed by atoms with E-state index in [1.54, 1.807) is 0 Å². The molecule has 0 spiro atoms. The fourth-order valence-electron chi connectivity index (χ4n) is 4.16. The Labute approximate surface area is 107 Å². The number of nitrogens with two attached hydrogens (primary N) is 1. The van der Waals surface area contributed by atoms with Crippen LogP contribution in [0, 0.1) is 11.8 Å². The molecule has 2 N–H and O–H groups in total. The van der Waals surface area contributed by atoms with Crippen LogP contribution in [0.2, 0.25) is 0 Å². The lowest BCUT2D eigenvalue weighted by Crippen LogP contribution is -2.48. The molecule has 1 heterocycles. The molecule has 3 aliphatic carbocycles. The summed E-state index contributed by atoms with van der Waals surface area (Å²) in [6.07, 6.45) is 9.63. The second-order valence-corrected chi connectivity index (χ2v) is 6.72. The molecule has 4 heteroatoms. The molecule has 0 radical (unpaired) electrons. The lowest BCUT2D eigenvalue weighted by atomic mass is 9.75. The van der Waals surface area contributed by atoms with Gasteiger partial charge in [-0.1, -0.05) is 11.6 Å². The smallest absolute Gasteiger partial charge is 0.228 e. The van der Waals surface area contributed by atoms with Gasteiger partial charge >= 0.3 is 0 Å². The minimum absolute atomic E-state index is 0.0571. The lowest BCUT2D eigenvalue weighted by molar-refractivity contribution is 0.221. The average molecular weight is 247 g/mol. The standard InChI is InChI=1S/C14H21N3O/c15-14(4-1-5-14)8-12-16-13(17-18-12)11-7-9-2-3-10(11)6-9/h9-11H,1-8,15H2. The quantitative estimate of drug-likeness (QED) is 0.890. The van der Waals surface area contributed by atoms with E-state index in [0.29, 0.717) is 5.92 Å². The maximum absolute atomic E-state index is 6.23. The molecule has 4 rings (SSSR count). The van der Waals surface area contributed by atoms with Crippen molar-refractivity contribution in [3.63, 3.8) is 0 Å². The Balaban J connectivity index is 1.48. The van der Waals surface area contributed by atoms with Gasteiger partial charge in [-0.2, -0.15) is 4.98 Å². The maximum Gasteiger partial charge on any atom is 0.228 e. The number of hydrogen-bond acceptors (Lipinski definition) is 4. The Bertz CT molecular complexity index is 452. The van der Waals surface area contributed by atoms with Crippen molar-refractivity contribution in [3.05, 3.63) is 11.7 Å².